The predicted molar refractivity (Wildman–Crippen MR) is 152 cm³/mol. The van der Waals surface area contributed by atoms with Crippen LogP contribution in [0.15, 0.2) is 58.1 Å². The number of hydrogen-bond donors (Lipinski definition) is 1. The van der Waals surface area contributed by atoms with Gasteiger partial charge in [-0.3, -0.25) is 9.59 Å². The Morgan fingerprint density at radius 1 is 1.07 bits per heavy atom. The molecular weight excluding hydrogens is 606 g/mol. The summed E-state index contributed by atoms with van der Waals surface area (Å²) < 4.78 is 17.1. The first kappa shape index (κ1) is 31.1. The van der Waals surface area contributed by atoms with Gasteiger partial charge in [0, 0.05) is 21.5 Å². The van der Waals surface area contributed by atoms with Gasteiger partial charge < -0.3 is 19.5 Å². The van der Waals surface area contributed by atoms with Gasteiger partial charge in [0.05, 0.1) is 12.3 Å². The standard InChI is InChI=1S/C28H31BrClN3O7/c1-6-38-24(35)22-15-28(31-23(34)19-9-11-20(29)12-10-19,25(36)39-16-18-7-13-21(30)14-8-18)33(32-17(22)2)26(37)40-27(3,4)5/h7-14,22H,6,15-16H2,1-5H3,(H,31,34)/t22-,28-/m1/s1. The van der Waals surface area contributed by atoms with Gasteiger partial charge in [-0.1, -0.05) is 39.7 Å². The summed E-state index contributed by atoms with van der Waals surface area (Å²) in [5.74, 6) is -3.46. The molecule has 0 saturated carbocycles. The topological polar surface area (TPSA) is 124 Å². The fraction of sp³-hybridized carbons (Fsp3) is 0.393. The largest absolute Gasteiger partial charge is 0.465 e. The molecule has 214 valence electrons. The molecule has 2 aromatic carbocycles. The van der Waals surface area contributed by atoms with E-state index in [1.165, 1.54) is 19.1 Å². The normalized spacial score (nSPS) is 18.8. The summed E-state index contributed by atoms with van der Waals surface area (Å²) in [5, 5.41) is 8.16. The van der Waals surface area contributed by atoms with Crippen molar-refractivity contribution in [3.63, 3.8) is 0 Å². The van der Waals surface area contributed by atoms with Crippen molar-refractivity contribution >= 4 is 57.2 Å². The van der Waals surface area contributed by atoms with E-state index < -0.39 is 47.5 Å². The first-order valence-electron chi connectivity index (χ1n) is 12.5. The van der Waals surface area contributed by atoms with Crippen molar-refractivity contribution in [1.29, 1.82) is 0 Å². The van der Waals surface area contributed by atoms with Gasteiger partial charge in [-0.05, 0) is 76.6 Å². The Balaban J connectivity index is 2.11. The molecule has 0 saturated heterocycles. The summed E-state index contributed by atoms with van der Waals surface area (Å²) in [6, 6.07) is 13.0. The summed E-state index contributed by atoms with van der Waals surface area (Å²) in [6.07, 6.45) is -1.42. The van der Waals surface area contributed by atoms with Crippen molar-refractivity contribution in [1.82, 2.24) is 10.3 Å². The number of amides is 2. The molecule has 40 heavy (non-hydrogen) atoms. The number of esters is 2. The molecule has 0 unspecified atom stereocenters. The maximum Gasteiger partial charge on any atom is 0.433 e. The van der Waals surface area contributed by atoms with Crippen LogP contribution < -0.4 is 5.32 Å². The Morgan fingerprint density at radius 3 is 2.27 bits per heavy atom. The summed E-state index contributed by atoms with van der Waals surface area (Å²) in [5.41, 5.74) is -2.23. The molecule has 0 aliphatic carbocycles. The van der Waals surface area contributed by atoms with Crippen LogP contribution in [-0.4, -0.2) is 52.5 Å². The van der Waals surface area contributed by atoms with Crippen LogP contribution in [0.4, 0.5) is 4.79 Å². The number of ether oxygens (including phenoxy) is 3. The molecule has 1 heterocycles. The van der Waals surface area contributed by atoms with Gasteiger partial charge in [-0.2, -0.15) is 10.1 Å². The zero-order valence-corrected chi connectivity index (χ0v) is 25.2. The molecule has 1 aliphatic heterocycles. The third-order valence-electron chi connectivity index (χ3n) is 5.81. The van der Waals surface area contributed by atoms with Crippen molar-refractivity contribution in [3.05, 3.63) is 69.2 Å². The number of rotatable bonds is 7. The van der Waals surface area contributed by atoms with E-state index in [1.54, 1.807) is 64.1 Å². The number of carbonyl (C=O) groups is 4. The smallest absolute Gasteiger partial charge is 0.433 e. The molecule has 2 amide bonds. The maximum absolute atomic E-state index is 14.0. The SMILES string of the molecule is CCOC(=O)[C@@H]1C[C@](NC(=O)c2ccc(Br)cc2)(C(=O)OCc2ccc(Cl)cc2)N(C(=O)OC(C)(C)C)N=C1C. The first-order chi connectivity index (χ1) is 18.8. The predicted octanol–water partition coefficient (Wildman–Crippen LogP) is 5.47. The van der Waals surface area contributed by atoms with Crippen LogP contribution in [0.3, 0.4) is 0 Å². The summed E-state index contributed by atoms with van der Waals surface area (Å²) in [7, 11) is 0. The minimum Gasteiger partial charge on any atom is -0.465 e. The highest BCUT2D eigenvalue weighted by molar-refractivity contribution is 9.10. The maximum atomic E-state index is 14.0. The Kier molecular flexibility index (Phi) is 9.96. The lowest BCUT2D eigenvalue weighted by atomic mass is 9.88. The molecule has 1 N–H and O–H groups in total. The van der Waals surface area contributed by atoms with E-state index in [0.717, 1.165) is 9.48 Å². The molecule has 12 heteroatoms. The highest BCUT2D eigenvalue weighted by atomic mass is 79.9. The number of hydrazone groups is 1. The van der Waals surface area contributed by atoms with Crippen molar-refractivity contribution in [2.24, 2.45) is 11.0 Å². The Labute approximate surface area is 246 Å². The van der Waals surface area contributed by atoms with E-state index in [9.17, 15) is 19.2 Å². The number of hydrogen-bond acceptors (Lipinski definition) is 8. The van der Waals surface area contributed by atoms with E-state index in [-0.39, 0.29) is 24.5 Å². The number of nitrogens with zero attached hydrogens (tertiary/aromatic N) is 2. The molecule has 0 aromatic heterocycles. The number of halogens is 2. The van der Waals surface area contributed by atoms with Crippen molar-refractivity contribution in [2.75, 3.05) is 6.61 Å². The number of carbonyl (C=O) groups excluding carboxylic acids is 4. The van der Waals surface area contributed by atoms with E-state index in [2.05, 4.69) is 26.3 Å². The van der Waals surface area contributed by atoms with Crippen LogP contribution in [0.25, 0.3) is 0 Å². The molecule has 3 rings (SSSR count). The third-order valence-corrected chi connectivity index (χ3v) is 6.59. The van der Waals surface area contributed by atoms with Crippen LogP contribution in [0.1, 0.15) is 57.0 Å². The van der Waals surface area contributed by atoms with Crippen molar-refractivity contribution in [2.45, 2.75) is 58.9 Å². The van der Waals surface area contributed by atoms with Crippen molar-refractivity contribution in [3.8, 4) is 0 Å². The fourth-order valence-corrected chi connectivity index (χ4v) is 4.27. The summed E-state index contributed by atoms with van der Waals surface area (Å²) >= 11 is 9.28. The van der Waals surface area contributed by atoms with Crippen LogP contribution >= 0.6 is 27.5 Å². The monoisotopic (exact) mass is 635 g/mol. The molecule has 10 nitrogen and oxygen atoms in total. The van der Waals surface area contributed by atoms with Gasteiger partial charge in [0.1, 0.15) is 18.1 Å². The number of benzene rings is 2. The van der Waals surface area contributed by atoms with Crippen LogP contribution in [0.2, 0.25) is 5.02 Å². The Bertz CT molecular complexity index is 1290. The highest BCUT2D eigenvalue weighted by Gasteiger charge is 2.57. The van der Waals surface area contributed by atoms with Crippen LogP contribution in [0, 0.1) is 5.92 Å². The molecule has 2 aromatic rings. The average Bonchev–Trinajstić information content (AvgIpc) is 2.88. The average molecular weight is 637 g/mol. The fourth-order valence-electron chi connectivity index (χ4n) is 3.88. The highest BCUT2D eigenvalue weighted by Crippen LogP contribution is 2.33. The van der Waals surface area contributed by atoms with Crippen LogP contribution in [-0.2, 0) is 30.4 Å². The molecule has 2 atom stereocenters. The van der Waals surface area contributed by atoms with Crippen LogP contribution in [0.5, 0.6) is 0 Å². The second-order valence-electron chi connectivity index (χ2n) is 10.1. The molecule has 0 spiro atoms. The second kappa shape index (κ2) is 12.8. The van der Waals surface area contributed by atoms with E-state index in [4.69, 9.17) is 25.8 Å². The van der Waals surface area contributed by atoms with Gasteiger partial charge in [-0.25, -0.2) is 9.59 Å². The van der Waals surface area contributed by atoms with Crippen molar-refractivity contribution < 1.29 is 33.4 Å². The summed E-state index contributed by atoms with van der Waals surface area (Å²) in [4.78, 5) is 53.8. The first-order valence-corrected chi connectivity index (χ1v) is 13.7. The lowest BCUT2D eigenvalue weighted by Gasteiger charge is -2.43. The number of nitrogens with one attached hydrogen (secondary N) is 1. The molecule has 1 aliphatic rings. The molecule has 0 bridgehead atoms. The second-order valence-corrected chi connectivity index (χ2v) is 11.4. The van der Waals surface area contributed by atoms with E-state index >= 15 is 0 Å². The zero-order valence-electron chi connectivity index (χ0n) is 22.8. The zero-order chi connectivity index (χ0) is 29.7. The quantitative estimate of drug-likeness (QED) is 0.316. The Hall–Kier alpha value is -3.44. The minimum absolute atomic E-state index is 0.0810. The van der Waals surface area contributed by atoms with E-state index in [0.29, 0.717) is 10.6 Å². The van der Waals surface area contributed by atoms with Gasteiger partial charge in [-0.15, -0.1) is 0 Å². The lowest BCUT2D eigenvalue weighted by Crippen LogP contribution is -2.69. The van der Waals surface area contributed by atoms with Gasteiger partial charge >= 0.3 is 18.0 Å². The van der Waals surface area contributed by atoms with Gasteiger partial charge in [0.2, 0.25) is 5.66 Å². The molecular formula is C28H31BrClN3O7. The Morgan fingerprint density at radius 2 is 1.70 bits per heavy atom. The third kappa shape index (κ3) is 7.60. The minimum atomic E-state index is -2.25. The molecule has 0 radical (unpaired) electrons. The van der Waals surface area contributed by atoms with E-state index in [1.807, 2.05) is 0 Å². The van der Waals surface area contributed by atoms with Gasteiger partial charge in [0.15, 0.2) is 0 Å². The lowest BCUT2D eigenvalue weighted by molar-refractivity contribution is -0.165. The molecule has 0 fully saturated rings. The van der Waals surface area contributed by atoms with Gasteiger partial charge in [0.25, 0.3) is 5.91 Å². The summed E-state index contributed by atoms with van der Waals surface area (Å²) in [6.45, 7) is 7.98.